The summed E-state index contributed by atoms with van der Waals surface area (Å²) < 4.78 is 2.07. The van der Waals surface area contributed by atoms with Crippen LogP contribution in [0.1, 0.15) is 36.0 Å². The van der Waals surface area contributed by atoms with Gasteiger partial charge in [0.1, 0.15) is 0 Å². The van der Waals surface area contributed by atoms with Gasteiger partial charge in [-0.2, -0.15) is 5.10 Å². The molecule has 1 saturated heterocycles. The number of aromatic nitrogens is 3. The number of piperidine rings is 1. The molecule has 1 atom stereocenters. The van der Waals surface area contributed by atoms with Gasteiger partial charge in [-0.05, 0) is 51.0 Å². The van der Waals surface area contributed by atoms with Crippen molar-refractivity contribution in [2.24, 2.45) is 0 Å². The van der Waals surface area contributed by atoms with E-state index < -0.39 is 0 Å². The van der Waals surface area contributed by atoms with E-state index in [1.54, 1.807) is 6.08 Å². The highest BCUT2D eigenvalue weighted by molar-refractivity contribution is 5.91. The first-order valence-corrected chi connectivity index (χ1v) is 7.76. The summed E-state index contributed by atoms with van der Waals surface area (Å²) >= 11 is 0. The summed E-state index contributed by atoms with van der Waals surface area (Å²) in [6, 6.07) is 6.24. The molecule has 0 aliphatic carbocycles. The van der Waals surface area contributed by atoms with Crippen LogP contribution in [0, 0.1) is 13.8 Å². The molecule has 3 rings (SSSR count). The highest BCUT2D eigenvalue weighted by Gasteiger charge is 2.25. The van der Waals surface area contributed by atoms with Gasteiger partial charge >= 0.3 is 0 Å². The van der Waals surface area contributed by atoms with Crippen molar-refractivity contribution < 1.29 is 4.79 Å². The number of rotatable bonds is 3. The molecule has 1 N–H and O–H groups in total. The third kappa shape index (κ3) is 3.13. The van der Waals surface area contributed by atoms with Crippen LogP contribution in [0.15, 0.2) is 30.5 Å². The number of carbonyl (C=O) groups is 1. The number of aryl methyl sites for hydroxylation is 2. The lowest BCUT2D eigenvalue weighted by Gasteiger charge is -2.32. The van der Waals surface area contributed by atoms with Crippen LogP contribution in [-0.4, -0.2) is 38.7 Å². The number of H-pyrrole nitrogens is 1. The molecular formula is C17H22N4O. The lowest BCUT2D eigenvalue weighted by Crippen LogP contribution is -2.40. The molecule has 0 spiro atoms. The Morgan fingerprint density at radius 2 is 2.32 bits per heavy atom. The van der Waals surface area contributed by atoms with Crippen molar-refractivity contribution in [1.82, 2.24) is 19.7 Å². The molecule has 0 radical (unpaired) electrons. The summed E-state index contributed by atoms with van der Waals surface area (Å²) in [6.45, 7) is 5.64. The van der Waals surface area contributed by atoms with Gasteiger partial charge in [0.15, 0.2) is 0 Å². The first-order chi connectivity index (χ1) is 10.6. The lowest BCUT2D eigenvalue weighted by atomic mass is 10.1. The summed E-state index contributed by atoms with van der Waals surface area (Å²) in [5.74, 6) is 0.0702. The number of nitrogens with one attached hydrogen (secondary N) is 1. The number of likely N-dealkylation sites (tertiary alicyclic amines) is 1. The van der Waals surface area contributed by atoms with Gasteiger partial charge in [-0.3, -0.25) is 9.48 Å². The average molecular weight is 298 g/mol. The molecule has 0 aromatic carbocycles. The largest absolute Gasteiger partial charge is 0.362 e. The predicted molar refractivity (Wildman–Crippen MR) is 86.4 cm³/mol. The van der Waals surface area contributed by atoms with Crippen molar-refractivity contribution in [3.63, 3.8) is 0 Å². The zero-order chi connectivity index (χ0) is 15.5. The topological polar surface area (TPSA) is 53.9 Å². The highest BCUT2D eigenvalue weighted by Crippen LogP contribution is 2.23. The Hall–Kier alpha value is -2.30. The summed E-state index contributed by atoms with van der Waals surface area (Å²) in [4.78, 5) is 17.3. The van der Waals surface area contributed by atoms with Crippen LogP contribution < -0.4 is 0 Å². The summed E-state index contributed by atoms with van der Waals surface area (Å²) in [6.07, 6.45) is 7.42. The number of nitrogens with zero attached hydrogens (tertiary/aromatic N) is 3. The van der Waals surface area contributed by atoms with Crippen LogP contribution in [-0.2, 0) is 4.79 Å². The predicted octanol–water partition coefficient (Wildman–Crippen LogP) is 2.70. The van der Waals surface area contributed by atoms with E-state index in [1.807, 2.05) is 36.2 Å². The minimum Gasteiger partial charge on any atom is -0.362 e. The number of hydrogen-bond donors (Lipinski definition) is 1. The van der Waals surface area contributed by atoms with Gasteiger partial charge in [-0.25, -0.2) is 0 Å². The number of amides is 1. The molecule has 5 nitrogen and oxygen atoms in total. The standard InChI is InChI=1S/C17H22N4O/c1-13-11-14(2)21(19-13)16-6-4-10-20(12-16)17(22)8-7-15-5-3-9-18-15/h3,5,7-9,11,16,18H,4,6,10,12H2,1-2H3/b8-7+. The van der Waals surface area contributed by atoms with Crippen LogP contribution in [0.5, 0.6) is 0 Å². The van der Waals surface area contributed by atoms with Crippen molar-refractivity contribution in [1.29, 1.82) is 0 Å². The van der Waals surface area contributed by atoms with Crippen LogP contribution in [0.3, 0.4) is 0 Å². The van der Waals surface area contributed by atoms with E-state index in [1.165, 1.54) is 5.69 Å². The lowest BCUT2D eigenvalue weighted by molar-refractivity contribution is -0.127. The Morgan fingerprint density at radius 1 is 1.45 bits per heavy atom. The molecule has 116 valence electrons. The zero-order valence-electron chi connectivity index (χ0n) is 13.1. The fraction of sp³-hybridized carbons (Fsp3) is 0.412. The van der Waals surface area contributed by atoms with Gasteiger partial charge in [0.2, 0.25) is 5.91 Å². The fourth-order valence-electron chi connectivity index (χ4n) is 3.08. The maximum absolute atomic E-state index is 12.4. The second kappa shape index (κ2) is 6.22. The van der Waals surface area contributed by atoms with Crippen LogP contribution in [0.4, 0.5) is 0 Å². The molecule has 1 fully saturated rings. The van der Waals surface area contributed by atoms with Gasteiger partial charge in [0, 0.05) is 36.8 Å². The van der Waals surface area contributed by atoms with Crippen molar-refractivity contribution in [3.8, 4) is 0 Å². The van der Waals surface area contributed by atoms with Gasteiger partial charge in [0.25, 0.3) is 0 Å². The van der Waals surface area contributed by atoms with Crippen molar-refractivity contribution in [3.05, 3.63) is 47.6 Å². The maximum atomic E-state index is 12.4. The molecule has 2 aromatic rings. The van der Waals surface area contributed by atoms with Crippen LogP contribution in [0.2, 0.25) is 0 Å². The minimum absolute atomic E-state index is 0.0702. The molecule has 1 unspecified atom stereocenters. The van der Waals surface area contributed by atoms with E-state index in [2.05, 4.69) is 27.8 Å². The van der Waals surface area contributed by atoms with Crippen molar-refractivity contribution in [2.75, 3.05) is 13.1 Å². The van der Waals surface area contributed by atoms with E-state index in [-0.39, 0.29) is 11.9 Å². The van der Waals surface area contributed by atoms with Crippen molar-refractivity contribution in [2.45, 2.75) is 32.7 Å². The first-order valence-electron chi connectivity index (χ1n) is 7.76. The third-order valence-electron chi connectivity index (χ3n) is 4.13. The molecule has 1 aliphatic rings. The smallest absolute Gasteiger partial charge is 0.246 e. The number of carbonyl (C=O) groups excluding carboxylic acids is 1. The molecule has 22 heavy (non-hydrogen) atoms. The van der Waals surface area contributed by atoms with E-state index in [9.17, 15) is 4.79 Å². The summed E-state index contributed by atoms with van der Waals surface area (Å²) in [5.41, 5.74) is 3.15. The summed E-state index contributed by atoms with van der Waals surface area (Å²) in [5, 5.41) is 4.57. The van der Waals surface area contributed by atoms with Gasteiger partial charge in [-0.1, -0.05) is 0 Å². The molecule has 1 aliphatic heterocycles. The number of aromatic amines is 1. The van der Waals surface area contributed by atoms with E-state index in [0.29, 0.717) is 0 Å². The molecule has 3 heterocycles. The van der Waals surface area contributed by atoms with Gasteiger partial charge < -0.3 is 9.88 Å². The quantitative estimate of drug-likeness (QED) is 0.886. The Morgan fingerprint density at radius 3 is 3.00 bits per heavy atom. The SMILES string of the molecule is Cc1cc(C)n(C2CCCN(C(=O)/C=C/c3ccc[nH]3)C2)n1. The second-order valence-corrected chi connectivity index (χ2v) is 5.91. The Labute approximate surface area is 130 Å². The van der Waals surface area contributed by atoms with E-state index >= 15 is 0 Å². The Kier molecular flexibility index (Phi) is 4.13. The van der Waals surface area contributed by atoms with E-state index in [4.69, 9.17) is 0 Å². The molecule has 5 heteroatoms. The third-order valence-corrected chi connectivity index (χ3v) is 4.13. The normalized spacial score (nSPS) is 19.0. The molecule has 1 amide bonds. The fourth-order valence-corrected chi connectivity index (χ4v) is 3.08. The van der Waals surface area contributed by atoms with Gasteiger partial charge in [-0.15, -0.1) is 0 Å². The van der Waals surface area contributed by atoms with Gasteiger partial charge in [0.05, 0.1) is 11.7 Å². The molecule has 0 bridgehead atoms. The molecule has 2 aromatic heterocycles. The summed E-state index contributed by atoms with van der Waals surface area (Å²) in [7, 11) is 0. The Bertz CT molecular complexity index is 669. The maximum Gasteiger partial charge on any atom is 0.246 e. The first kappa shape index (κ1) is 14.6. The van der Waals surface area contributed by atoms with Crippen LogP contribution in [0.25, 0.3) is 6.08 Å². The van der Waals surface area contributed by atoms with Crippen molar-refractivity contribution >= 4 is 12.0 Å². The minimum atomic E-state index is 0.0702. The Balaban J connectivity index is 1.67. The average Bonchev–Trinajstić information content (AvgIpc) is 3.14. The molecular weight excluding hydrogens is 276 g/mol. The van der Waals surface area contributed by atoms with E-state index in [0.717, 1.165) is 37.3 Å². The number of hydrogen-bond acceptors (Lipinski definition) is 2. The second-order valence-electron chi connectivity index (χ2n) is 5.91. The van der Waals surface area contributed by atoms with Crippen LogP contribution >= 0.6 is 0 Å². The highest BCUT2D eigenvalue weighted by atomic mass is 16.2. The molecule has 0 saturated carbocycles. The monoisotopic (exact) mass is 298 g/mol. The zero-order valence-corrected chi connectivity index (χ0v) is 13.1.